The fourth-order valence-electron chi connectivity index (χ4n) is 4.65. The van der Waals surface area contributed by atoms with Gasteiger partial charge in [-0.25, -0.2) is 0 Å². The predicted molar refractivity (Wildman–Crippen MR) is 161 cm³/mol. The molecule has 0 aliphatic carbocycles. The first-order chi connectivity index (χ1) is 19.6. The molecule has 0 saturated heterocycles. The Morgan fingerprint density at radius 1 is 0.390 bits per heavy atom. The minimum absolute atomic E-state index is 0.237. The van der Waals surface area contributed by atoms with E-state index in [1.807, 2.05) is 0 Å². The topological polar surface area (TPSA) is 0 Å². The Morgan fingerprint density at radius 3 is 1.00 bits per heavy atom. The number of alkyl halides is 7. The molecule has 0 aliphatic heterocycles. The van der Waals surface area contributed by atoms with Crippen molar-refractivity contribution >= 4 is 12.6 Å². The predicted octanol–water partition coefficient (Wildman–Crippen LogP) is 12.5. The largest absolute Gasteiger partial charge is 0.459 e. The van der Waals surface area contributed by atoms with Crippen LogP contribution < -0.4 is 0 Å². The fraction of sp³-hybridized carbons (Fsp3) is 0.879. The molecule has 0 nitrogen and oxygen atoms in total. The third kappa shape index (κ3) is 22.2. The highest BCUT2D eigenvalue weighted by Crippen LogP contribution is 2.48. The van der Waals surface area contributed by atoms with Gasteiger partial charge in [0.05, 0.1) is 0 Å². The molecular formula is C33H53F7S. The van der Waals surface area contributed by atoms with E-state index in [2.05, 4.69) is 36.3 Å². The van der Waals surface area contributed by atoms with E-state index in [4.69, 9.17) is 0 Å². The molecule has 0 amide bonds. The quantitative estimate of drug-likeness (QED) is 0.0426. The van der Waals surface area contributed by atoms with Crippen molar-refractivity contribution in [2.45, 2.75) is 179 Å². The summed E-state index contributed by atoms with van der Waals surface area (Å²) in [5.41, 5.74) is 0. The maximum atomic E-state index is 13.2. The van der Waals surface area contributed by atoms with Gasteiger partial charge in [-0.15, -0.1) is 0 Å². The lowest BCUT2D eigenvalue weighted by atomic mass is 10.0. The summed E-state index contributed by atoms with van der Waals surface area (Å²) in [6.07, 6.45) is 17.1. The molecule has 0 unspecified atom stereocenters. The Kier molecular flexibility index (Phi) is 24.8. The summed E-state index contributed by atoms with van der Waals surface area (Å²) >= 11 is 4.23. The highest BCUT2D eigenvalue weighted by molar-refractivity contribution is 7.80. The molecule has 240 valence electrons. The van der Waals surface area contributed by atoms with E-state index in [0.717, 1.165) is 57.1 Å². The molecule has 0 rings (SSSR count). The van der Waals surface area contributed by atoms with Crippen LogP contribution in [0.15, 0.2) is 0 Å². The van der Waals surface area contributed by atoms with Gasteiger partial charge in [-0.1, -0.05) is 127 Å². The monoisotopic (exact) mass is 614 g/mol. The molecule has 0 aromatic rings. The lowest BCUT2D eigenvalue weighted by Crippen LogP contribution is -2.51. The molecule has 0 bridgehead atoms. The molecule has 0 atom stereocenters. The van der Waals surface area contributed by atoms with Gasteiger partial charge in [-0.3, -0.25) is 0 Å². The molecule has 0 aromatic carbocycles. The van der Waals surface area contributed by atoms with E-state index in [-0.39, 0.29) is 12.8 Å². The average molecular weight is 615 g/mol. The average Bonchev–Trinajstić information content (AvgIpc) is 2.91. The maximum absolute atomic E-state index is 13.2. The van der Waals surface area contributed by atoms with Crippen LogP contribution in [0.4, 0.5) is 30.7 Å². The summed E-state index contributed by atoms with van der Waals surface area (Å²) in [4.78, 5) is 0. The summed E-state index contributed by atoms with van der Waals surface area (Å²) < 4.78 is 88.4. The highest BCUT2D eigenvalue weighted by atomic mass is 32.1. The third-order valence-electron chi connectivity index (χ3n) is 7.31. The van der Waals surface area contributed by atoms with Gasteiger partial charge in [0, 0.05) is 19.3 Å². The first-order valence-electron chi connectivity index (χ1n) is 15.9. The maximum Gasteiger partial charge on any atom is 0.459 e. The molecule has 0 spiro atoms. The second-order valence-corrected chi connectivity index (χ2v) is 11.6. The Hall–Kier alpha value is -1.02. The van der Waals surface area contributed by atoms with Gasteiger partial charge < -0.3 is 0 Å². The second-order valence-electron chi connectivity index (χ2n) is 11.1. The van der Waals surface area contributed by atoms with Gasteiger partial charge in [0.1, 0.15) is 0 Å². The number of halogens is 7. The molecule has 0 aliphatic rings. The normalized spacial score (nSPS) is 12.1. The fourth-order valence-corrected chi connectivity index (χ4v) is 4.87. The molecule has 0 N–H and O–H groups in total. The Morgan fingerprint density at radius 2 is 0.683 bits per heavy atom. The van der Waals surface area contributed by atoms with Gasteiger partial charge in [0.2, 0.25) is 0 Å². The molecule has 0 radical (unpaired) electrons. The van der Waals surface area contributed by atoms with Crippen LogP contribution in [0.5, 0.6) is 0 Å². The van der Waals surface area contributed by atoms with Crippen LogP contribution in [0.2, 0.25) is 0 Å². The molecule has 0 aromatic heterocycles. The van der Waals surface area contributed by atoms with Gasteiger partial charge in [-0.2, -0.15) is 43.4 Å². The van der Waals surface area contributed by atoms with Crippen molar-refractivity contribution in [3.8, 4) is 23.7 Å². The first kappa shape index (κ1) is 40.0. The van der Waals surface area contributed by atoms with Crippen molar-refractivity contribution in [3.63, 3.8) is 0 Å². The zero-order valence-electron chi connectivity index (χ0n) is 25.0. The van der Waals surface area contributed by atoms with Crippen LogP contribution in [0.3, 0.4) is 0 Å². The number of hydrogen-bond acceptors (Lipinski definition) is 1. The summed E-state index contributed by atoms with van der Waals surface area (Å²) in [7, 11) is 0. The minimum Gasteiger partial charge on any atom is -0.200 e. The van der Waals surface area contributed by atoms with Crippen molar-refractivity contribution < 1.29 is 30.7 Å². The van der Waals surface area contributed by atoms with Crippen LogP contribution in [-0.4, -0.2) is 23.8 Å². The summed E-state index contributed by atoms with van der Waals surface area (Å²) in [5, 5.41) is 0. The lowest BCUT2D eigenvalue weighted by molar-refractivity contribution is -0.355. The van der Waals surface area contributed by atoms with Crippen molar-refractivity contribution in [2.75, 3.05) is 5.75 Å². The van der Waals surface area contributed by atoms with Gasteiger partial charge >= 0.3 is 18.0 Å². The Labute approximate surface area is 251 Å². The number of rotatable bonds is 26. The SMILES string of the molecule is FC(F)(F)C(F)(F)C(F)(F)CCCCCCCCCCCCCCCCC#CC#CCCCCCCCCCCS. The molecule has 0 saturated carbocycles. The first-order valence-corrected chi connectivity index (χ1v) is 16.6. The van der Waals surface area contributed by atoms with Crippen molar-refractivity contribution in [1.29, 1.82) is 0 Å². The lowest BCUT2D eigenvalue weighted by Gasteiger charge is -2.28. The zero-order chi connectivity index (χ0) is 30.7. The molecule has 0 heterocycles. The number of unbranched alkanes of at least 4 members (excludes halogenated alkanes) is 22. The van der Waals surface area contributed by atoms with E-state index in [1.54, 1.807) is 0 Å². The van der Waals surface area contributed by atoms with Gasteiger partial charge in [0.15, 0.2) is 0 Å². The van der Waals surface area contributed by atoms with Crippen LogP contribution in [0.1, 0.15) is 161 Å². The highest BCUT2D eigenvalue weighted by Gasteiger charge is 2.72. The van der Waals surface area contributed by atoms with E-state index in [0.29, 0.717) is 6.42 Å². The second kappa shape index (κ2) is 25.5. The standard InChI is InChI=1S/C33H53F7S/c34-31(35,32(36,37)33(38,39)40)29-27-25-23-21-19-17-15-13-11-9-7-5-3-1-2-4-6-8-10-12-14-16-18-20-22-24-26-28-30-41/h41H,1-3,5,7,9,11-30H2. The van der Waals surface area contributed by atoms with E-state index >= 15 is 0 Å². The summed E-state index contributed by atoms with van der Waals surface area (Å²) in [6.45, 7) is 0. The third-order valence-corrected chi connectivity index (χ3v) is 7.62. The molecule has 8 heteroatoms. The zero-order valence-corrected chi connectivity index (χ0v) is 25.9. The number of hydrogen-bond donors (Lipinski definition) is 1. The Bertz CT molecular complexity index is 726. The molecule has 41 heavy (non-hydrogen) atoms. The van der Waals surface area contributed by atoms with Crippen LogP contribution in [0, 0.1) is 23.7 Å². The van der Waals surface area contributed by atoms with E-state index < -0.39 is 24.4 Å². The van der Waals surface area contributed by atoms with Crippen LogP contribution in [-0.2, 0) is 0 Å². The van der Waals surface area contributed by atoms with E-state index in [1.165, 1.54) is 83.5 Å². The van der Waals surface area contributed by atoms with Gasteiger partial charge in [-0.05, 0) is 43.3 Å². The molecular weight excluding hydrogens is 561 g/mol. The van der Waals surface area contributed by atoms with Gasteiger partial charge in [0.25, 0.3) is 0 Å². The van der Waals surface area contributed by atoms with E-state index in [9.17, 15) is 30.7 Å². The Balaban J connectivity index is 3.41. The van der Waals surface area contributed by atoms with Crippen LogP contribution >= 0.6 is 12.6 Å². The smallest absolute Gasteiger partial charge is 0.200 e. The number of thiol groups is 1. The molecule has 0 fully saturated rings. The minimum atomic E-state index is -6.23. The van der Waals surface area contributed by atoms with Crippen molar-refractivity contribution in [2.24, 2.45) is 0 Å². The van der Waals surface area contributed by atoms with Crippen molar-refractivity contribution in [3.05, 3.63) is 0 Å². The summed E-state index contributed by atoms with van der Waals surface area (Å²) in [6, 6.07) is 0. The summed E-state index contributed by atoms with van der Waals surface area (Å²) in [5.74, 6) is 2.22. The van der Waals surface area contributed by atoms with Crippen LogP contribution in [0.25, 0.3) is 0 Å². The van der Waals surface area contributed by atoms with Crippen molar-refractivity contribution in [1.82, 2.24) is 0 Å².